The number of carbonyl (C=O) groups is 2. The minimum absolute atomic E-state index is 0.366. The van der Waals surface area contributed by atoms with Crippen molar-refractivity contribution < 1.29 is 9.59 Å². The maximum atomic E-state index is 13.5. The Hall–Kier alpha value is -5.25. The Morgan fingerprint density at radius 3 is 2.10 bits per heavy atom. The molecule has 0 fully saturated rings. The van der Waals surface area contributed by atoms with E-state index in [4.69, 9.17) is 0 Å². The number of hydrogen-bond acceptors (Lipinski definition) is 4. The highest BCUT2D eigenvalue weighted by molar-refractivity contribution is 7.26. The van der Waals surface area contributed by atoms with Gasteiger partial charge in [0.1, 0.15) is 0 Å². The molecule has 0 atom stereocenters. The Morgan fingerprint density at radius 1 is 0.641 bits per heavy atom. The van der Waals surface area contributed by atoms with E-state index in [9.17, 15) is 14.9 Å². The van der Waals surface area contributed by atoms with Crippen LogP contribution in [-0.4, -0.2) is 16.4 Å². The molecule has 2 amide bonds. The second kappa shape index (κ2) is 7.87. The van der Waals surface area contributed by atoms with Gasteiger partial charge in [-0.3, -0.25) is 9.59 Å². The summed E-state index contributed by atoms with van der Waals surface area (Å²) in [5, 5.41) is 14.4. The van der Waals surface area contributed by atoms with Crippen LogP contribution in [0, 0.1) is 11.3 Å². The van der Waals surface area contributed by atoms with Crippen LogP contribution in [0.15, 0.2) is 103 Å². The third-order valence-corrected chi connectivity index (χ3v) is 8.76. The van der Waals surface area contributed by atoms with E-state index in [2.05, 4.69) is 59.2 Å². The van der Waals surface area contributed by atoms with Gasteiger partial charge in [0.15, 0.2) is 0 Å². The minimum atomic E-state index is -0.389. The van der Waals surface area contributed by atoms with Crippen molar-refractivity contribution in [2.24, 2.45) is 0 Å². The number of carbonyl (C=O) groups excluding carboxylic acids is 2. The van der Waals surface area contributed by atoms with Gasteiger partial charge in [-0.05, 0) is 48.5 Å². The Kier molecular flexibility index (Phi) is 4.40. The van der Waals surface area contributed by atoms with Crippen LogP contribution in [0.3, 0.4) is 0 Å². The number of rotatable bonds is 2. The van der Waals surface area contributed by atoms with Crippen molar-refractivity contribution in [1.29, 1.82) is 5.26 Å². The van der Waals surface area contributed by atoms with E-state index < -0.39 is 0 Å². The number of nitriles is 1. The van der Waals surface area contributed by atoms with Crippen LogP contribution in [0.2, 0.25) is 0 Å². The second-order valence-electron chi connectivity index (χ2n) is 9.59. The van der Waals surface area contributed by atoms with E-state index in [1.165, 1.54) is 25.1 Å². The number of amides is 2. The number of aromatic nitrogens is 1. The molecule has 0 radical (unpaired) electrons. The van der Waals surface area contributed by atoms with E-state index >= 15 is 0 Å². The summed E-state index contributed by atoms with van der Waals surface area (Å²) in [5.74, 6) is -0.779. The molecule has 1 aliphatic heterocycles. The van der Waals surface area contributed by atoms with Crippen molar-refractivity contribution >= 4 is 70.8 Å². The molecule has 1 aliphatic rings. The molecule has 5 nitrogen and oxygen atoms in total. The van der Waals surface area contributed by atoms with Crippen LogP contribution < -0.4 is 4.90 Å². The molecular formula is C33H17N3O2S. The van der Waals surface area contributed by atoms with Crippen molar-refractivity contribution in [1.82, 2.24) is 4.57 Å². The molecule has 0 aliphatic carbocycles. The SMILES string of the molecule is N#Cc1ccc(-n2c3ccccc3c3c4sc5ccccc5c4ccc32)c(N2C(=O)c3ccccc3C2=O)c1. The molecule has 39 heavy (non-hydrogen) atoms. The Labute approximate surface area is 226 Å². The fourth-order valence-electron chi connectivity index (χ4n) is 5.86. The third kappa shape index (κ3) is 2.88. The number of benzene rings is 5. The van der Waals surface area contributed by atoms with Crippen LogP contribution in [0.4, 0.5) is 5.69 Å². The molecule has 5 aromatic carbocycles. The van der Waals surface area contributed by atoms with Crippen LogP contribution in [-0.2, 0) is 0 Å². The van der Waals surface area contributed by atoms with E-state index in [-0.39, 0.29) is 11.8 Å². The summed E-state index contributed by atoms with van der Waals surface area (Å²) in [6.07, 6.45) is 0. The first-order chi connectivity index (χ1) is 19.2. The molecule has 8 rings (SSSR count). The summed E-state index contributed by atoms with van der Waals surface area (Å²) in [6.45, 7) is 0. The van der Waals surface area contributed by atoms with Gasteiger partial charge in [-0.2, -0.15) is 5.26 Å². The zero-order chi connectivity index (χ0) is 26.2. The maximum absolute atomic E-state index is 13.5. The topological polar surface area (TPSA) is 66.1 Å². The minimum Gasteiger partial charge on any atom is -0.307 e. The van der Waals surface area contributed by atoms with Gasteiger partial charge in [0, 0.05) is 30.9 Å². The van der Waals surface area contributed by atoms with Gasteiger partial charge < -0.3 is 4.57 Å². The lowest BCUT2D eigenvalue weighted by molar-refractivity contribution is 0.0926. The average molecular weight is 520 g/mol. The van der Waals surface area contributed by atoms with E-state index in [0.29, 0.717) is 28.1 Å². The van der Waals surface area contributed by atoms with Crippen molar-refractivity contribution in [3.63, 3.8) is 0 Å². The number of hydrogen-bond donors (Lipinski definition) is 0. The van der Waals surface area contributed by atoms with E-state index in [0.717, 1.165) is 21.8 Å². The maximum Gasteiger partial charge on any atom is 0.266 e. The van der Waals surface area contributed by atoms with Crippen molar-refractivity contribution in [3.8, 4) is 11.8 Å². The molecule has 7 aromatic rings. The number of para-hydroxylation sites is 1. The highest BCUT2D eigenvalue weighted by Gasteiger charge is 2.38. The molecule has 0 saturated heterocycles. The zero-order valence-corrected chi connectivity index (χ0v) is 21.2. The second-order valence-corrected chi connectivity index (χ2v) is 10.6. The van der Waals surface area contributed by atoms with Crippen molar-refractivity contribution in [2.75, 3.05) is 4.90 Å². The summed E-state index contributed by atoms with van der Waals surface area (Å²) < 4.78 is 4.52. The average Bonchev–Trinajstić information content (AvgIpc) is 3.60. The molecule has 0 N–H and O–H groups in total. The summed E-state index contributed by atoms with van der Waals surface area (Å²) in [7, 11) is 0. The summed E-state index contributed by atoms with van der Waals surface area (Å²) >= 11 is 1.77. The molecule has 3 heterocycles. The smallest absolute Gasteiger partial charge is 0.266 e. The zero-order valence-electron chi connectivity index (χ0n) is 20.4. The lowest BCUT2D eigenvalue weighted by atomic mass is 10.1. The summed E-state index contributed by atoms with van der Waals surface area (Å²) in [6, 6.07) is 35.1. The van der Waals surface area contributed by atoms with Crippen LogP contribution >= 0.6 is 11.3 Å². The molecule has 2 aromatic heterocycles. The van der Waals surface area contributed by atoms with Gasteiger partial charge >= 0.3 is 0 Å². The van der Waals surface area contributed by atoms with Gasteiger partial charge in [-0.1, -0.05) is 54.6 Å². The fourth-order valence-corrected chi connectivity index (χ4v) is 7.12. The third-order valence-electron chi connectivity index (χ3n) is 7.56. The molecule has 0 bridgehead atoms. The standard InChI is InChI=1S/C33H17N3O2S/c34-18-19-13-15-26(28(17-19)36-32(37)22-8-1-2-9-23(22)33(36)38)35-25-11-5-3-10-24(25)30-27(35)16-14-21-20-7-4-6-12-29(20)39-31(21)30/h1-17H. The lowest BCUT2D eigenvalue weighted by Gasteiger charge is -2.20. The predicted octanol–water partition coefficient (Wildman–Crippen LogP) is 7.82. The van der Waals surface area contributed by atoms with Crippen LogP contribution in [0.25, 0.3) is 47.7 Å². The Morgan fingerprint density at radius 2 is 1.33 bits per heavy atom. The predicted molar refractivity (Wildman–Crippen MR) is 156 cm³/mol. The van der Waals surface area contributed by atoms with Crippen LogP contribution in [0.5, 0.6) is 0 Å². The monoisotopic (exact) mass is 519 g/mol. The highest BCUT2D eigenvalue weighted by atomic mass is 32.1. The largest absolute Gasteiger partial charge is 0.307 e. The molecule has 182 valence electrons. The van der Waals surface area contributed by atoms with Gasteiger partial charge in [0.05, 0.1) is 45.2 Å². The number of anilines is 1. The molecule has 0 unspecified atom stereocenters. The number of thiophene rings is 1. The quantitative estimate of drug-likeness (QED) is 0.219. The van der Waals surface area contributed by atoms with Gasteiger partial charge in [-0.25, -0.2) is 4.90 Å². The Balaban J connectivity index is 1.48. The van der Waals surface area contributed by atoms with Crippen molar-refractivity contribution in [3.05, 3.63) is 120 Å². The number of imide groups is 1. The van der Waals surface area contributed by atoms with E-state index in [1.54, 1.807) is 47.7 Å². The first-order valence-corrected chi connectivity index (χ1v) is 13.3. The lowest BCUT2D eigenvalue weighted by Crippen LogP contribution is -2.30. The fraction of sp³-hybridized carbons (Fsp3) is 0. The molecule has 0 saturated carbocycles. The number of fused-ring (bicyclic) bond motifs is 8. The molecule has 6 heteroatoms. The van der Waals surface area contributed by atoms with E-state index in [1.807, 2.05) is 18.2 Å². The molecular weight excluding hydrogens is 502 g/mol. The van der Waals surface area contributed by atoms with Crippen LogP contribution in [0.1, 0.15) is 26.3 Å². The van der Waals surface area contributed by atoms with Crippen molar-refractivity contribution in [2.45, 2.75) is 0 Å². The summed E-state index contributed by atoms with van der Waals surface area (Å²) in [5.41, 5.74) is 4.08. The van der Waals surface area contributed by atoms with Gasteiger partial charge in [0.2, 0.25) is 0 Å². The molecule has 0 spiro atoms. The van der Waals surface area contributed by atoms with Gasteiger partial charge in [-0.15, -0.1) is 11.3 Å². The number of nitrogens with zero attached hydrogens (tertiary/aromatic N) is 3. The summed E-state index contributed by atoms with van der Waals surface area (Å²) in [4.78, 5) is 28.3. The first-order valence-electron chi connectivity index (χ1n) is 12.5. The first kappa shape index (κ1) is 21.8. The normalized spacial score (nSPS) is 13.2. The van der Waals surface area contributed by atoms with Gasteiger partial charge in [0.25, 0.3) is 11.8 Å². The highest BCUT2D eigenvalue weighted by Crippen LogP contribution is 2.44. The Bertz CT molecular complexity index is 2210.